The summed E-state index contributed by atoms with van der Waals surface area (Å²) in [6.45, 7) is 3.65. The first-order valence-electron chi connectivity index (χ1n) is 4.51. The Balaban J connectivity index is 3.81. The zero-order valence-electron chi connectivity index (χ0n) is 8.78. The van der Waals surface area contributed by atoms with Gasteiger partial charge >= 0.3 is 0 Å². The first kappa shape index (κ1) is 13.9. The van der Waals surface area contributed by atoms with Crippen LogP contribution in [0.4, 0.5) is 0 Å². The first-order valence-corrected chi connectivity index (χ1v) is 6.16. The molecular weight excluding hydrogens is 218 g/mol. The second-order valence-corrected chi connectivity index (χ2v) is 5.09. The SMILES string of the molecule is CC(C)NC(=O)CCNS(=O)(=O)CC#N. The molecule has 0 aliphatic rings. The molecule has 0 aromatic carbocycles. The molecule has 0 radical (unpaired) electrons. The molecule has 6 nitrogen and oxygen atoms in total. The molecule has 7 heteroatoms. The lowest BCUT2D eigenvalue weighted by atomic mass is 10.3. The van der Waals surface area contributed by atoms with E-state index in [4.69, 9.17) is 5.26 Å². The zero-order chi connectivity index (χ0) is 11.9. The number of carbonyl (C=O) groups excluding carboxylic acids is 1. The largest absolute Gasteiger partial charge is 0.354 e. The number of amides is 1. The number of rotatable bonds is 6. The predicted molar refractivity (Wildman–Crippen MR) is 55.3 cm³/mol. The molecule has 0 saturated heterocycles. The fourth-order valence-electron chi connectivity index (χ4n) is 0.850. The van der Waals surface area contributed by atoms with E-state index in [1.807, 2.05) is 13.8 Å². The van der Waals surface area contributed by atoms with Gasteiger partial charge in [-0.15, -0.1) is 0 Å². The minimum absolute atomic E-state index is 0.0164. The van der Waals surface area contributed by atoms with Crippen molar-refractivity contribution in [3.05, 3.63) is 0 Å². The standard InChI is InChI=1S/C8H15N3O3S/c1-7(2)11-8(12)3-5-10-15(13,14)6-4-9/h7,10H,3,5-6H2,1-2H3,(H,11,12). The summed E-state index contributed by atoms with van der Waals surface area (Å²) >= 11 is 0. The molecule has 1 amide bonds. The van der Waals surface area contributed by atoms with Crippen LogP contribution in [0.2, 0.25) is 0 Å². The lowest BCUT2D eigenvalue weighted by Crippen LogP contribution is -2.34. The maximum atomic E-state index is 11.1. The van der Waals surface area contributed by atoms with E-state index in [1.165, 1.54) is 6.07 Å². The summed E-state index contributed by atoms with van der Waals surface area (Å²) in [5.41, 5.74) is 0. The summed E-state index contributed by atoms with van der Waals surface area (Å²) in [5, 5.41) is 10.8. The van der Waals surface area contributed by atoms with Crippen molar-refractivity contribution >= 4 is 15.9 Å². The van der Waals surface area contributed by atoms with Crippen LogP contribution in [-0.4, -0.2) is 32.7 Å². The molecule has 0 atom stereocenters. The third-order valence-corrected chi connectivity index (χ3v) is 2.53. The molecule has 0 aliphatic carbocycles. The van der Waals surface area contributed by atoms with Gasteiger partial charge < -0.3 is 5.32 Å². The van der Waals surface area contributed by atoms with Crippen LogP contribution in [-0.2, 0) is 14.8 Å². The number of nitrogens with zero attached hydrogens (tertiary/aromatic N) is 1. The fraction of sp³-hybridized carbons (Fsp3) is 0.750. The van der Waals surface area contributed by atoms with Crippen molar-refractivity contribution in [1.29, 1.82) is 5.26 Å². The van der Waals surface area contributed by atoms with Gasteiger partial charge in [-0.1, -0.05) is 0 Å². The average molecular weight is 233 g/mol. The summed E-state index contributed by atoms with van der Waals surface area (Å²) < 4.78 is 24.1. The van der Waals surface area contributed by atoms with Crippen molar-refractivity contribution in [2.45, 2.75) is 26.3 Å². The van der Waals surface area contributed by atoms with E-state index in [0.717, 1.165) is 0 Å². The number of nitrogens with one attached hydrogen (secondary N) is 2. The summed E-state index contributed by atoms with van der Waals surface area (Å²) in [7, 11) is -3.55. The molecule has 0 aromatic rings. The van der Waals surface area contributed by atoms with Crippen LogP contribution < -0.4 is 10.0 Å². The van der Waals surface area contributed by atoms with Crippen LogP contribution in [0.1, 0.15) is 20.3 Å². The minimum atomic E-state index is -3.55. The normalized spacial score (nSPS) is 11.1. The quantitative estimate of drug-likeness (QED) is 0.636. The van der Waals surface area contributed by atoms with Gasteiger partial charge in [-0.2, -0.15) is 5.26 Å². The molecule has 86 valence electrons. The highest BCUT2D eigenvalue weighted by Gasteiger charge is 2.09. The number of carbonyl (C=O) groups is 1. The second-order valence-electron chi connectivity index (χ2n) is 3.28. The zero-order valence-corrected chi connectivity index (χ0v) is 9.60. The molecule has 0 heterocycles. The van der Waals surface area contributed by atoms with E-state index in [2.05, 4.69) is 10.0 Å². The summed E-state index contributed by atoms with van der Waals surface area (Å²) in [4.78, 5) is 11.1. The number of hydrogen-bond donors (Lipinski definition) is 2. The third-order valence-electron chi connectivity index (χ3n) is 1.38. The topological polar surface area (TPSA) is 99.1 Å². The van der Waals surface area contributed by atoms with Crippen molar-refractivity contribution in [2.75, 3.05) is 12.3 Å². The van der Waals surface area contributed by atoms with Crippen LogP contribution >= 0.6 is 0 Å². The van der Waals surface area contributed by atoms with Gasteiger partial charge in [0, 0.05) is 19.0 Å². The van der Waals surface area contributed by atoms with Crippen molar-refractivity contribution in [3.63, 3.8) is 0 Å². The van der Waals surface area contributed by atoms with Gasteiger partial charge in [-0.3, -0.25) is 4.79 Å². The fourth-order valence-corrected chi connectivity index (χ4v) is 1.54. The highest BCUT2D eigenvalue weighted by molar-refractivity contribution is 7.89. The van der Waals surface area contributed by atoms with Crippen LogP contribution in [0.25, 0.3) is 0 Å². The van der Waals surface area contributed by atoms with E-state index >= 15 is 0 Å². The Bertz CT molecular complexity index is 343. The summed E-state index contributed by atoms with van der Waals surface area (Å²) in [5.74, 6) is -0.802. The van der Waals surface area contributed by atoms with E-state index in [9.17, 15) is 13.2 Å². The van der Waals surface area contributed by atoms with Gasteiger partial charge in [-0.05, 0) is 13.8 Å². The van der Waals surface area contributed by atoms with Gasteiger partial charge in [0.15, 0.2) is 5.75 Å². The molecule has 0 saturated carbocycles. The van der Waals surface area contributed by atoms with Crippen molar-refractivity contribution in [3.8, 4) is 6.07 Å². The van der Waals surface area contributed by atoms with E-state index in [1.54, 1.807) is 0 Å². The van der Waals surface area contributed by atoms with Gasteiger partial charge in [0.1, 0.15) is 0 Å². The van der Waals surface area contributed by atoms with E-state index in [-0.39, 0.29) is 24.9 Å². The maximum Gasteiger partial charge on any atom is 0.225 e. The second kappa shape index (κ2) is 6.37. The molecule has 0 spiro atoms. The first-order chi connectivity index (χ1) is 6.87. The molecule has 0 rings (SSSR count). The molecule has 0 unspecified atom stereocenters. The Hall–Kier alpha value is -1.13. The van der Waals surface area contributed by atoms with Gasteiger partial charge in [0.2, 0.25) is 15.9 Å². The van der Waals surface area contributed by atoms with Gasteiger partial charge in [0.25, 0.3) is 0 Å². The maximum absolute atomic E-state index is 11.1. The molecule has 0 bridgehead atoms. The van der Waals surface area contributed by atoms with E-state index in [0.29, 0.717) is 0 Å². The molecule has 15 heavy (non-hydrogen) atoms. The number of sulfonamides is 1. The predicted octanol–water partition coefficient (Wildman–Crippen LogP) is -0.656. The highest BCUT2D eigenvalue weighted by Crippen LogP contribution is 1.86. The summed E-state index contributed by atoms with van der Waals surface area (Å²) in [6.07, 6.45) is 0.0723. The van der Waals surface area contributed by atoms with Crippen LogP contribution in [0.3, 0.4) is 0 Å². The van der Waals surface area contributed by atoms with Crippen LogP contribution in [0.5, 0.6) is 0 Å². The Morgan fingerprint density at radius 3 is 2.53 bits per heavy atom. The molecule has 0 fully saturated rings. The van der Waals surface area contributed by atoms with E-state index < -0.39 is 15.8 Å². The molecule has 0 aromatic heterocycles. The Morgan fingerprint density at radius 2 is 2.07 bits per heavy atom. The van der Waals surface area contributed by atoms with Crippen molar-refractivity contribution < 1.29 is 13.2 Å². The highest BCUT2D eigenvalue weighted by atomic mass is 32.2. The number of hydrogen-bond acceptors (Lipinski definition) is 4. The third kappa shape index (κ3) is 7.90. The Labute approximate surface area is 89.7 Å². The van der Waals surface area contributed by atoms with Crippen molar-refractivity contribution in [1.82, 2.24) is 10.0 Å². The Kier molecular flexibility index (Phi) is 5.89. The average Bonchev–Trinajstić information content (AvgIpc) is 2.01. The monoisotopic (exact) mass is 233 g/mol. The number of nitriles is 1. The van der Waals surface area contributed by atoms with Gasteiger partial charge in [0.05, 0.1) is 6.07 Å². The summed E-state index contributed by atoms with van der Waals surface area (Å²) in [6, 6.07) is 1.56. The molecule has 2 N–H and O–H groups in total. The molecular formula is C8H15N3O3S. The van der Waals surface area contributed by atoms with Crippen LogP contribution in [0, 0.1) is 11.3 Å². The smallest absolute Gasteiger partial charge is 0.225 e. The van der Waals surface area contributed by atoms with Crippen LogP contribution in [0.15, 0.2) is 0 Å². The molecule has 0 aliphatic heterocycles. The van der Waals surface area contributed by atoms with Gasteiger partial charge in [-0.25, -0.2) is 13.1 Å². The lowest BCUT2D eigenvalue weighted by Gasteiger charge is -2.08. The minimum Gasteiger partial charge on any atom is -0.354 e. The van der Waals surface area contributed by atoms with Crippen molar-refractivity contribution in [2.24, 2.45) is 0 Å². The lowest BCUT2D eigenvalue weighted by molar-refractivity contribution is -0.121. The Morgan fingerprint density at radius 1 is 1.47 bits per heavy atom.